The summed E-state index contributed by atoms with van der Waals surface area (Å²) in [6.45, 7) is 3.23. The number of hydrogen-bond acceptors (Lipinski definition) is 4. The van der Waals surface area contributed by atoms with E-state index < -0.39 is 10.1 Å². The zero-order valence-corrected chi connectivity index (χ0v) is 15.2. The maximum Gasteiger partial charge on any atom is 0.264 e. The summed E-state index contributed by atoms with van der Waals surface area (Å²) in [5.74, 6) is 0.406. The summed E-state index contributed by atoms with van der Waals surface area (Å²) in [6.07, 6.45) is 5.25. The fraction of sp³-hybridized carbons (Fsp3) is 0.556. The van der Waals surface area contributed by atoms with Gasteiger partial charge in [0.1, 0.15) is 0 Å². The van der Waals surface area contributed by atoms with Crippen LogP contribution in [-0.4, -0.2) is 50.8 Å². The second-order valence-electron chi connectivity index (χ2n) is 7.86. The number of hydrogen-bond donors (Lipinski definition) is 1. The molecule has 6 heteroatoms. The highest BCUT2D eigenvalue weighted by atomic mass is 32.2. The van der Waals surface area contributed by atoms with Crippen LogP contribution in [0.25, 0.3) is 10.9 Å². The molecule has 0 saturated carbocycles. The second kappa shape index (κ2) is 5.31. The molecular weight excluding hydrogens is 324 g/mol. The molecule has 1 N–H and O–H groups in total. The summed E-state index contributed by atoms with van der Waals surface area (Å²) in [7, 11) is -1.27. The third-order valence-corrected chi connectivity index (χ3v) is 6.19. The summed E-state index contributed by atoms with van der Waals surface area (Å²) >= 11 is 0. The van der Waals surface area contributed by atoms with E-state index in [2.05, 4.69) is 48.3 Å². The van der Waals surface area contributed by atoms with Gasteiger partial charge in [0.15, 0.2) is 0 Å². The quantitative estimate of drug-likeness (QED) is 0.866. The molecule has 1 aliphatic heterocycles. The molecule has 3 atom stereocenters. The predicted octanol–water partition coefficient (Wildman–Crippen LogP) is 2.49. The lowest BCUT2D eigenvalue weighted by atomic mass is 9.67. The third kappa shape index (κ3) is 2.66. The molecule has 2 aliphatic rings. The van der Waals surface area contributed by atoms with E-state index in [1.54, 1.807) is 0 Å². The van der Waals surface area contributed by atoms with Crippen LogP contribution in [0.1, 0.15) is 30.4 Å². The van der Waals surface area contributed by atoms with Crippen molar-refractivity contribution in [3.8, 4) is 0 Å². The van der Waals surface area contributed by atoms with Crippen LogP contribution in [0.5, 0.6) is 0 Å². The van der Waals surface area contributed by atoms with Crippen LogP contribution >= 0.6 is 0 Å². The van der Waals surface area contributed by atoms with E-state index in [-0.39, 0.29) is 12.0 Å². The van der Waals surface area contributed by atoms with E-state index in [1.165, 1.54) is 22.0 Å². The summed E-state index contributed by atoms with van der Waals surface area (Å²) < 4.78 is 28.0. The lowest BCUT2D eigenvalue weighted by molar-refractivity contribution is 0.0224. The van der Waals surface area contributed by atoms with Gasteiger partial charge in [-0.1, -0.05) is 19.1 Å². The molecule has 130 valence electrons. The number of likely N-dealkylation sites (tertiary alicyclic amines) is 1. The molecule has 1 saturated heterocycles. The Hall–Kier alpha value is -1.37. The SMILES string of the molecule is CN1C[C@@](C)(COS(C)(=O)=O)CC2c3cccc4[nH]cc(c34)C[C@H]21. The van der Waals surface area contributed by atoms with E-state index in [0.717, 1.165) is 25.6 Å². The number of fused-ring (bicyclic) bond motifs is 2. The van der Waals surface area contributed by atoms with Crippen molar-refractivity contribution >= 4 is 21.0 Å². The van der Waals surface area contributed by atoms with Crippen LogP contribution in [0.2, 0.25) is 0 Å². The van der Waals surface area contributed by atoms with Gasteiger partial charge >= 0.3 is 0 Å². The monoisotopic (exact) mass is 348 g/mol. The van der Waals surface area contributed by atoms with E-state index in [9.17, 15) is 8.42 Å². The van der Waals surface area contributed by atoms with Crippen molar-refractivity contribution in [2.75, 3.05) is 26.5 Å². The van der Waals surface area contributed by atoms with E-state index in [1.807, 2.05) is 0 Å². The highest BCUT2D eigenvalue weighted by Gasteiger charge is 2.44. The van der Waals surface area contributed by atoms with Crippen molar-refractivity contribution in [3.63, 3.8) is 0 Å². The average molecular weight is 348 g/mol. The molecule has 2 heterocycles. The van der Waals surface area contributed by atoms with E-state index >= 15 is 0 Å². The van der Waals surface area contributed by atoms with Crippen molar-refractivity contribution in [1.82, 2.24) is 9.88 Å². The Kier molecular flexibility index (Phi) is 3.57. The number of rotatable bonds is 3. The first-order valence-corrected chi connectivity index (χ1v) is 10.2. The molecule has 0 spiro atoms. The van der Waals surface area contributed by atoms with Gasteiger partial charge in [0.05, 0.1) is 12.9 Å². The van der Waals surface area contributed by atoms with Gasteiger partial charge in [-0.3, -0.25) is 4.18 Å². The molecule has 0 bridgehead atoms. The minimum absolute atomic E-state index is 0.172. The van der Waals surface area contributed by atoms with Gasteiger partial charge in [-0.15, -0.1) is 0 Å². The van der Waals surface area contributed by atoms with Crippen LogP contribution in [-0.2, 0) is 20.7 Å². The molecule has 1 aromatic carbocycles. The number of H-pyrrole nitrogens is 1. The van der Waals surface area contributed by atoms with E-state index in [0.29, 0.717) is 12.0 Å². The van der Waals surface area contributed by atoms with Gasteiger partial charge in [-0.25, -0.2) is 0 Å². The van der Waals surface area contributed by atoms with Gasteiger partial charge in [0, 0.05) is 41.0 Å². The van der Waals surface area contributed by atoms with Crippen molar-refractivity contribution in [2.45, 2.75) is 31.7 Å². The lowest BCUT2D eigenvalue weighted by Gasteiger charge is -2.50. The minimum atomic E-state index is -3.41. The summed E-state index contributed by atoms with van der Waals surface area (Å²) in [6, 6.07) is 6.93. The molecule has 1 unspecified atom stereocenters. The lowest BCUT2D eigenvalue weighted by Crippen LogP contribution is -2.53. The number of aromatic nitrogens is 1. The standard InChI is InChI=1S/C18H24N2O3S/c1-18(11-23-24(3,21)22)8-14-13-5-4-6-15-17(13)12(9-19-15)7-16(14)20(2)10-18/h4-6,9,14,16,19H,7-8,10-11H2,1-3H3/t14?,16-,18+/m1/s1. The molecule has 0 radical (unpaired) electrons. The first-order chi connectivity index (χ1) is 11.3. The zero-order valence-electron chi connectivity index (χ0n) is 14.4. The van der Waals surface area contributed by atoms with Crippen LogP contribution in [0.4, 0.5) is 0 Å². The molecule has 1 aliphatic carbocycles. The van der Waals surface area contributed by atoms with Gasteiger partial charge < -0.3 is 9.88 Å². The Balaban J connectivity index is 1.70. The number of likely N-dealkylation sites (N-methyl/N-ethyl adjacent to an activating group) is 1. The number of benzene rings is 1. The zero-order chi connectivity index (χ0) is 17.1. The second-order valence-corrected chi connectivity index (χ2v) is 9.50. The predicted molar refractivity (Wildman–Crippen MR) is 94.7 cm³/mol. The summed E-state index contributed by atoms with van der Waals surface area (Å²) in [4.78, 5) is 5.77. The fourth-order valence-corrected chi connectivity index (χ4v) is 5.21. The van der Waals surface area contributed by atoms with Crippen molar-refractivity contribution in [1.29, 1.82) is 0 Å². The van der Waals surface area contributed by atoms with Crippen molar-refractivity contribution in [3.05, 3.63) is 35.5 Å². The molecular formula is C18H24N2O3S. The van der Waals surface area contributed by atoms with Gasteiger partial charge in [0.2, 0.25) is 0 Å². The van der Waals surface area contributed by atoms with E-state index in [4.69, 9.17) is 4.18 Å². The average Bonchev–Trinajstić information content (AvgIpc) is 2.91. The van der Waals surface area contributed by atoms with Gasteiger partial charge in [-0.2, -0.15) is 8.42 Å². The first-order valence-electron chi connectivity index (χ1n) is 8.39. The maximum atomic E-state index is 11.4. The van der Waals surface area contributed by atoms with Crippen molar-refractivity contribution < 1.29 is 12.6 Å². The highest BCUT2D eigenvalue weighted by Crippen LogP contribution is 2.47. The fourth-order valence-electron chi connectivity index (χ4n) is 4.71. The normalized spacial score (nSPS) is 30.5. The molecule has 4 rings (SSSR count). The molecule has 2 aromatic rings. The highest BCUT2D eigenvalue weighted by molar-refractivity contribution is 7.85. The molecule has 0 amide bonds. The first kappa shape index (κ1) is 16.1. The van der Waals surface area contributed by atoms with Crippen LogP contribution in [0.15, 0.2) is 24.4 Å². The molecule has 1 fully saturated rings. The summed E-state index contributed by atoms with van der Waals surface area (Å²) in [5, 5.41) is 1.36. The number of piperidine rings is 1. The minimum Gasteiger partial charge on any atom is -0.361 e. The molecule has 1 aromatic heterocycles. The molecule has 5 nitrogen and oxygen atoms in total. The Morgan fingerprint density at radius 3 is 2.96 bits per heavy atom. The Bertz CT molecular complexity index is 889. The number of aromatic amines is 1. The number of nitrogens with one attached hydrogen (secondary N) is 1. The van der Waals surface area contributed by atoms with Crippen molar-refractivity contribution in [2.24, 2.45) is 5.41 Å². The van der Waals surface area contributed by atoms with Gasteiger partial charge in [-0.05, 0) is 37.1 Å². The largest absolute Gasteiger partial charge is 0.361 e. The Labute approximate surface area is 143 Å². The smallest absolute Gasteiger partial charge is 0.264 e. The summed E-state index contributed by atoms with van der Waals surface area (Å²) in [5.41, 5.74) is 3.81. The topological polar surface area (TPSA) is 62.4 Å². The Morgan fingerprint density at radius 2 is 2.21 bits per heavy atom. The van der Waals surface area contributed by atoms with Crippen LogP contribution in [0, 0.1) is 5.41 Å². The number of nitrogens with zero attached hydrogens (tertiary/aromatic N) is 1. The Morgan fingerprint density at radius 1 is 1.42 bits per heavy atom. The third-order valence-electron chi connectivity index (χ3n) is 5.64. The van der Waals surface area contributed by atoms with Crippen LogP contribution in [0.3, 0.4) is 0 Å². The maximum absolute atomic E-state index is 11.4. The molecule has 24 heavy (non-hydrogen) atoms. The van der Waals surface area contributed by atoms with Gasteiger partial charge in [0.25, 0.3) is 10.1 Å². The van der Waals surface area contributed by atoms with Crippen LogP contribution < -0.4 is 0 Å².